The van der Waals surface area contributed by atoms with Crippen molar-refractivity contribution in [3.05, 3.63) is 78.3 Å². The van der Waals surface area contributed by atoms with Crippen LogP contribution in [0.3, 0.4) is 0 Å². The molecular weight excluding hydrogens is 427 g/mol. The Morgan fingerprint density at radius 2 is 2.06 bits per heavy atom. The first-order chi connectivity index (χ1) is 16.6. The molecule has 1 saturated heterocycles. The molecule has 0 unspecified atom stereocenters. The van der Waals surface area contributed by atoms with E-state index in [9.17, 15) is 4.39 Å². The normalized spacial score (nSPS) is 15.9. The molecule has 0 radical (unpaired) electrons. The first kappa shape index (κ1) is 20.6. The summed E-state index contributed by atoms with van der Waals surface area (Å²) in [5.74, 6) is 0.0664. The fraction of sp³-hybridized carbons (Fsp3) is 0.222. The number of fused-ring (bicyclic) bond motifs is 2. The van der Waals surface area contributed by atoms with E-state index >= 15 is 0 Å². The van der Waals surface area contributed by atoms with E-state index in [0.717, 1.165) is 64.7 Å². The first-order valence-electron chi connectivity index (χ1n) is 11.4. The van der Waals surface area contributed by atoms with Crippen molar-refractivity contribution < 1.29 is 4.39 Å². The SMILES string of the molecule is [C-]#[N+]c1ccc(-c2c(-c3ccc4nn(C)cc4c3)ncc3c2ccn3C[C@H]2CCNC2)cc1F. The summed E-state index contributed by atoms with van der Waals surface area (Å²) in [7, 11) is 1.90. The van der Waals surface area contributed by atoms with E-state index in [1.54, 1.807) is 10.7 Å². The zero-order chi connectivity index (χ0) is 23.2. The highest BCUT2D eigenvalue weighted by molar-refractivity contribution is 6.02. The molecule has 6 rings (SSSR count). The molecule has 7 heteroatoms. The largest absolute Gasteiger partial charge is 0.346 e. The molecule has 0 bridgehead atoms. The number of benzene rings is 2. The number of halogens is 1. The molecule has 1 aliphatic heterocycles. The Kier molecular flexibility index (Phi) is 4.89. The molecule has 5 aromatic rings. The van der Waals surface area contributed by atoms with Crippen LogP contribution in [-0.4, -0.2) is 32.4 Å². The highest BCUT2D eigenvalue weighted by Gasteiger charge is 2.20. The number of nitrogens with one attached hydrogen (secondary N) is 1. The predicted molar refractivity (Wildman–Crippen MR) is 132 cm³/mol. The first-order valence-corrected chi connectivity index (χ1v) is 11.4. The molecular formula is C27H23FN6. The van der Waals surface area contributed by atoms with Gasteiger partial charge in [-0.05, 0) is 55.3 Å². The average Bonchev–Trinajstić information content (AvgIpc) is 3.58. The van der Waals surface area contributed by atoms with Crippen LogP contribution < -0.4 is 5.32 Å². The van der Waals surface area contributed by atoms with E-state index in [0.29, 0.717) is 11.5 Å². The van der Waals surface area contributed by atoms with Crippen molar-refractivity contribution >= 4 is 27.5 Å². The zero-order valence-corrected chi connectivity index (χ0v) is 18.8. The van der Waals surface area contributed by atoms with Crippen LogP contribution in [0.5, 0.6) is 0 Å². The minimum atomic E-state index is -0.519. The molecule has 1 aliphatic rings. The van der Waals surface area contributed by atoms with Gasteiger partial charge in [-0.3, -0.25) is 9.67 Å². The highest BCUT2D eigenvalue weighted by atomic mass is 19.1. The lowest BCUT2D eigenvalue weighted by Crippen LogP contribution is -2.14. The lowest BCUT2D eigenvalue weighted by Gasteiger charge is -2.14. The van der Waals surface area contributed by atoms with Crippen molar-refractivity contribution in [3.63, 3.8) is 0 Å². The number of hydrogen-bond acceptors (Lipinski definition) is 3. The van der Waals surface area contributed by atoms with Gasteiger partial charge in [0.15, 0.2) is 0 Å². The van der Waals surface area contributed by atoms with E-state index in [4.69, 9.17) is 11.6 Å². The van der Waals surface area contributed by atoms with Crippen molar-refractivity contribution in [2.45, 2.75) is 13.0 Å². The van der Waals surface area contributed by atoms with Gasteiger partial charge < -0.3 is 9.88 Å². The predicted octanol–water partition coefficient (Wildman–Crippen LogP) is 5.56. The summed E-state index contributed by atoms with van der Waals surface area (Å²) >= 11 is 0. The van der Waals surface area contributed by atoms with Crippen LogP contribution in [0.1, 0.15) is 6.42 Å². The Balaban J connectivity index is 1.56. The van der Waals surface area contributed by atoms with Crippen LogP contribution in [0.15, 0.2) is 61.1 Å². The van der Waals surface area contributed by atoms with E-state index < -0.39 is 5.82 Å². The summed E-state index contributed by atoms with van der Waals surface area (Å²) in [5.41, 5.74) is 5.28. The van der Waals surface area contributed by atoms with Gasteiger partial charge in [0.2, 0.25) is 5.69 Å². The average molecular weight is 451 g/mol. The highest BCUT2D eigenvalue weighted by Crippen LogP contribution is 2.39. The van der Waals surface area contributed by atoms with Crippen LogP contribution in [-0.2, 0) is 13.6 Å². The lowest BCUT2D eigenvalue weighted by molar-refractivity contribution is 0.491. The second kappa shape index (κ2) is 8.08. The van der Waals surface area contributed by atoms with Crippen molar-refractivity contribution in [1.82, 2.24) is 24.6 Å². The van der Waals surface area contributed by atoms with E-state index in [1.807, 2.05) is 37.6 Å². The van der Waals surface area contributed by atoms with Gasteiger partial charge in [-0.1, -0.05) is 18.2 Å². The monoisotopic (exact) mass is 450 g/mol. The van der Waals surface area contributed by atoms with Crippen molar-refractivity contribution in [2.24, 2.45) is 13.0 Å². The molecule has 6 nitrogen and oxygen atoms in total. The minimum absolute atomic E-state index is 0.0218. The number of pyridine rings is 1. The quantitative estimate of drug-likeness (QED) is 0.365. The van der Waals surface area contributed by atoms with Gasteiger partial charge in [-0.25, -0.2) is 9.24 Å². The third-order valence-electron chi connectivity index (χ3n) is 6.70. The van der Waals surface area contributed by atoms with Crippen molar-refractivity contribution in [3.8, 4) is 22.4 Å². The van der Waals surface area contributed by atoms with E-state index in [1.165, 1.54) is 6.07 Å². The van der Waals surface area contributed by atoms with E-state index in [2.05, 4.69) is 38.2 Å². The molecule has 34 heavy (non-hydrogen) atoms. The summed E-state index contributed by atoms with van der Waals surface area (Å²) in [6.07, 6.45) is 7.17. The molecule has 0 aliphatic carbocycles. The van der Waals surface area contributed by atoms with Crippen LogP contribution in [0.25, 0.3) is 49.0 Å². The topological polar surface area (TPSA) is 52.0 Å². The molecule has 0 saturated carbocycles. The van der Waals surface area contributed by atoms with Gasteiger partial charge in [0.05, 0.1) is 29.5 Å². The summed E-state index contributed by atoms with van der Waals surface area (Å²) in [4.78, 5) is 8.19. The Bertz CT molecular complexity index is 1580. The molecule has 3 aromatic heterocycles. The zero-order valence-electron chi connectivity index (χ0n) is 18.8. The number of nitrogens with zero attached hydrogens (tertiary/aromatic N) is 5. The molecule has 1 atom stereocenters. The maximum absolute atomic E-state index is 14.7. The Hall–Kier alpha value is -4.02. The molecule has 1 N–H and O–H groups in total. The van der Waals surface area contributed by atoms with E-state index in [-0.39, 0.29) is 5.69 Å². The number of hydrogen-bond donors (Lipinski definition) is 1. The van der Waals surface area contributed by atoms with Crippen LogP contribution in [0.4, 0.5) is 10.1 Å². The summed E-state index contributed by atoms with van der Waals surface area (Å²) < 4.78 is 18.7. The van der Waals surface area contributed by atoms with Gasteiger partial charge in [-0.2, -0.15) is 5.10 Å². The third-order valence-corrected chi connectivity index (χ3v) is 6.70. The number of aryl methyl sites for hydroxylation is 1. The Labute approximate surface area is 196 Å². The second-order valence-electron chi connectivity index (χ2n) is 8.96. The molecule has 0 amide bonds. The fourth-order valence-corrected chi connectivity index (χ4v) is 5.03. The summed E-state index contributed by atoms with van der Waals surface area (Å²) in [5, 5.41) is 9.95. The summed E-state index contributed by atoms with van der Waals surface area (Å²) in [6.45, 7) is 10.2. The maximum atomic E-state index is 14.7. The van der Waals surface area contributed by atoms with Gasteiger partial charge in [0, 0.05) is 47.9 Å². The standard InChI is InChI=1S/C27H23FN6/c1-29-24-6-3-18(12-22(24)28)26-21-8-10-34(15-17-7-9-30-13-17)25(21)14-31-27(26)19-4-5-23-20(11-19)16-33(2)32-23/h3-6,8,10-12,14,16-17,30H,7,9,13,15H2,2H3/t17-/m0/s1. The van der Waals surface area contributed by atoms with Gasteiger partial charge >= 0.3 is 0 Å². The number of rotatable bonds is 4. The third kappa shape index (κ3) is 3.44. The van der Waals surface area contributed by atoms with Crippen LogP contribution in [0.2, 0.25) is 0 Å². The minimum Gasteiger partial charge on any atom is -0.346 e. The van der Waals surface area contributed by atoms with Crippen LogP contribution in [0, 0.1) is 18.3 Å². The molecule has 1 fully saturated rings. The lowest BCUT2D eigenvalue weighted by atomic mass is 9.95. The number of aromatic nitrogens is 4. The van der Waals surface area contributed by atoms with Gasteiger partial charge in [0.25, 0.3) is 0 Å². The smallest absolute Gasteiger partial charge is 0.222 e. The van der Waals surface area contributed by atoms with Crippen molar-refractivity contribution in [2.75, 3.05) is 13.1 Å². The van der Waals surface area contributed by atoms with Gasteiger partial charge in [0.1, 0.15) is 5.82 Å². The Morgan fingerprint density at radius 3 is 2.85 bits per heavy atom. The molecule has 0 spiro atoms. The van der Waals surface area contributed by atoms with Crippen molar-refractivity contribution in [1.29, 1.82) is 0 Å². The Morgan fingerprint density at radius 1 is 1.18 bits per heavy atom. The fourth-order valence-electron chi connectivity index (χ4n) is 5.03. The molecule has 2 aromatic carbocycles. The second-order valence-corrected chi connectivity index (χ2v) is 8.96. The van der Waals surface area contributed by atoms with Crippen LogP contribution >= 0.6 is 0 Å². The maximum Gasteiger partial charge on any atom is 0.222 e. The van der Waals surface area contributed by atoms with Gasteiger partial charge in [-0.15, -0.1) is 0 Å². The summed E-state index contributed by atoms with van der Waals surface area (Å²) in [6, 6.07) is 13.0. The molecule has 4 heterocycles. The molecule has 168 valence electrons.